The van der Waals surface area contributed by atoms with Crippen LogP contribution in [0.25, 0.3) is 22.2 Å². The van der Waals surface area contributed by atoms with E-state index < -0.39 is 0 Å². The number of rotatable bonds is 5. The summed E-state index contributed by atoms with van der Waals surface area (Å²) in [6.07, 6.45) is -0.254. The fraction of sp³-hybridized carbons (Fsp3) is 0.125. The van der Waals surface area contributed by atoms with Gasteiger partial charge in [0.25, 0.3) is 0 Å². The summed E-state index contributed by atoms with van der Waals surface area (Å²) in [5, 5.41) is 1.18. The van der Waals surface area contributed by atoms with Gasteiger partial charge in [-0.05, 0) is 36.8 Å². The van der Waals surface area contributed by atoms with Gasteiger partial charge in [0.2, 0.25) is 0 Å². The normalized spacial score (nSPS) is 12.0. The quantitative estimate of drug-likeness (QED) is 0.439. The average Bonchev–Trinajstić information content (AvgIpc) is 3.08. The molecule has 3 nitrogen and oxygen atoms in total. The van der Waals surface area contributed by atoms with E-state index in [1.54, 1.807) is 12.1 Å². The monoisotopic (exact) mass is 355 g/mol. The van der Waals surface area contributed by atoms with Crippen molar-refractivity contribution in [3.05, 3.63) is 96.6 Å². The molecule has 0 fully saturated rings. The maximum atomic E-state index is 12.4. The first-order chi connectivity index (χ1) is 13.2. The van der Waals surface area contributed by atoms with Crippen molar-refractivity contribution in [1.29, 1.82) is 0 Å². The molecule has 134 valence electrons. The van der Waals surface area contributed by atoms with Crippen molar-refractivity contribution in [2.24, 2.45) is 0 Å². The van der Waals surface area contributed by atoms with E-state index in [2.05, 4.69) is 34.9 Å². The number of nitrogens with zero attached hydrogens (tertiary/aromatic N) is 1. The summed E-state index contributed by atoms with van der Waals surface area (Å²) in [5.74, 6) is -0.291. The first kappa shape index (κ1) is 17.1. The zero-order valence-corrected chi connectivity index (χ0v) is 15.2. The summed E-state index contributed by atoms with van der Waals surface area (Å²) in [6.45, 7) is 2.53. The number of ether oxygens (including phenoxy) is 1. The molecule has 0 saturated heterocycles. The lowest BCUT2D eigenvalue weighted by molar-refractivity contribution is 0.0309. The summed E-state index contributed by atoms with van der Waals surface area (Å²) >= 11 is 0. The van der Waals surface area contributed by atoms with Gasteiger partial charge >= 0.3 is 5.97 Å². The number of benzene rings is 3. The Balaban J connectivity index is 1.64. The number of hydrogen-bond acceptors (Lipinski definition) is 2. The predicted octanol–water partition coefficient (Wildman–Crippen LogP) is 5.55. The van der Waals surface area contributed by atoms with Gasteiger partial charge in [0, 0.05) is 16.6 Å². The van der Waals surface area contributed by atoms with Crippen molar-refractivity contribution in [3.63, 3.8) is 0 Å². The highest BCUT2D eigenvalue weighted by Crippen LogP contribution is 2.28. The van der Waals surface area contributed by atoms with Crippen LogP contribution in [-0.4, -0.2) is 16.6 Å². The van der Waals surface area contributed by atoms with Crippen LogP contribution < -0.4 is 0 Å². The van der Waals surface area contributed by atoms with Crippen LogP contribution in [0, 0.1) is 0 Å². The van der Waals surface area contributed by atoms with Gasteiger partial charge in [-0.1, -0.05) is 66.7 Å². The van der Waals surface area contributed by atoms with Crippen LogP contribution in [0.15, 0.2) is 91.0 Å². The number of fused-ring (bicyclic) bond motifs is 1. The molecule has 3 heteroatoms. The Bertz CT molecular complexity index is 1050. The van der Waals surface area contributed by atoms with E-state index in [9.17, 15) is 4.79 Å². The third-order valence-corrected chi connectivity index (χ3v) is 4.64. The second-order valence-electron chi connectivity index (χ2n) is 6.65. The zero-order valence-electron chi connectivity index (χ0n) is 15.2. The zero-order chi connectivity index (χ0) is 18.6. The lowest BCUT2D eigenvalue weighted by Crippen LogP contribution is -2.21. The molecule has 0 amide bonds. The number of para-hydroxylation sites is 1. The van der Waals surface area contributed by atoms with Crippen molar-refractivity contribution in [2.45, 2.75) is 19.6 Å². The smallest absolute Gasteiger partial charge is 0.338 e. The molecule has 1 unspecified atom stereocenters. The Labute approximate surface area is 158 Å². The number of carbonyl (C=O) groups excluding carboxylic acids is 1. The van der Waals surface area contributed by atoms with Crippen molar-refractivity contribution < 1.29 is 9.53 Å². The average molecular weight is 355 g/mol. The largest absolute Gasteiger partial charge is 0.457 e. The summed E-state index contributed by atoms with van der Waals surface area (Å²) in [4.78, 5) is 12.4. The van der Waals surface area contributed by atoms with E-state index in [1.165, 1.54) is 5.39 Å². The molecule has 3 aromatic carbocycles. The van der Waals surface area contributed by atoms with Gasteiger partial charge in [0.05, 0.1) is 12.1 Å². The maximum absolute atomic E-state index is 12.4. The molecule has 0 bridgehead atoms. The molecule has 1 atom stereocenters. The standard InChI is InChI=1S/C24H21NO2/c1-18(27-24(26)20-12-6-3-7-13-20)17-25-22-15-9-8-14-21(22)16-23(25)19-10-4-2-5-11-19/h2-16,18H,17H2,1H3. The molecule has 0 radical (unpaired) electrons. The minimum atomic E-state index is -0.291. The van der Waals surface area contributed by atoms with Crippen LogP contribution in [0.4, 0.5) is 0 Å². The summed E-state index contributed by atoms with van der Waals surface area (Å²) in [6, 6.07) is 29.9. The number of carbonyl (C=O) groups is 1. The number of hydrogen-bond donors (Lipinski definition) is 0. The Kier molecular flexibility index (Phi) is 4.75. The minimum absolute atomic E-state index is 0.254. The highest BCUT2D eigenvalue weighted by molar-refractivity contribution is 5.89. The van der Waals surface area contributed by atoms with E-state index >= 15 is 0 Å². The van der Waals surface area contributed by atoms with Crippen LogP contribution in [-0.2, 0) is 11.3 Å². The molecule has 4 rings (SSSR count). The van der Waals surface area contributed by atoms with E-state index in [4.69, 9.17) is 4.74 Å². The van der Waals surface area contributed by atoms with Crippen molar-refractivity contribution in [1.82, 2.24) is 4.57 Å². The maximum Gasteiger partial charge on any atom is 0.338 e. The third-order valence-electron chi connectivity index (χ3n) is 4.64. The van der Waals surface area contributed by atoms with Gasteiger partial charge in [-0.25, -0.2) is 4.79 Å². The summed E-state index contributed by atoms with van der Waals surface area (Å²) < 4.78 is 7.92. The van der Waals surface area contributed by atoms with Crippen molar-refractivity contribution in [3.8, 4) is 11.3 Å². The third kappa shape index (κ3) is 3.63. The number of esters is 1. The van der Waals surface area contributed by atoms with Gasteiger partial charge in [0.1, 0.15) is 6.10 Å². The van der Waals surface area contributed by atoms with Gasteiger partial charge in [0.15, 0.2) is 0 Å². The van der Waals surface area contributed by atoms with E-state index in [0.29, 0.717) is 12.1 Å². The van der Waals surface area contributed by atoms with Crippen LogP contribution in [0.5, 0.6) is 0 Å². The molecule has 0 aliphatic heterocycles. The SMILES string of the molecule is CC(Cn1c(-c2ccccc2)cc2ccccc21)OC(=O)c1ccccc1. The summed E-state index contributed by atoms with van der Waals surface area (Å²) in [5.41, 5.74) is 3.98. The van der Waals surface area contributed by atoms with E-state index in [1.807, 2.05) is 55.5 Å². The predicted molar refractivity (Wildman–Crippen MR) is 109 cm³/mol. The molecule has 0 aliphatic carbocycles. The number of aromatic nitrogens is 1. The molecule has 0 spiro atoms. The van der Waals surface area contributed by atoms with Gasteiger partial charge in [-0.3, -0.25) is 0 Å². The molecule has 0 saturated carbocycles. The van der Waals surface area contributed by atoms with Gasteiger partial charge in [-0.15, -0.1) is 0 Å². The molecule has 0 aliphatic rings. The molecule has 27 heavy (non-hydrogen) atoms. The minimum Gasteiger partial charge on any atom is -0.457 e. The van der Waals surface area contributed by atoms with E-state index in [0.717, 1.165) is 16.8 Å². The molecule has 0 N–H and O–H groups in total. The fourth-order valence-corrected chi connectivity index (χ4v) is 3.37. The highest BCUT2D eigenvalue weighted by atomic mass is 16.5. The fourth-order valence-electron chi connectivity index (χ4n) is 3.37. The molecular formula is C24H21NO2. The molecule has 1 heterocycles. The molecular weight excluding hydrogens is 334 g/mol. The van der Waals surface area contributed by atoms with Crippen molar-refractivity contribution in [2.75, 3.05) is 0 Å². The first-order valence-electron chi connectivity index (χ1n) is 9.12. The lowest BCUT2D eigenvalue weighted by Gasteiger charge is -2.17. The lowest BCUT2D eigenvalue weighted by atomic mass is 10.1. The van der Waals surface area contributed by atoms with E-state index in [-0.39, 0.29) is 12.1 Å². The Morgan fingerprint density at radius 1 is 0.889 bits per heavy atom. The molecule has 4 aromatic rings. The highest BCUT2D eigenvalue weighted by Gasteiger charge is 2.16. The Morgan fingerprint density at radius 2 is 1.52 bits per heavy atom. The first-order valence-corrected chi connectivity index (χ1v) is 9.12. The Hall–Kier alpha value is -3.33. The molecule has 1 aromatic heterocycles. The van der Waals surface area contributed by atoms with Crippen molar-refractivity contribution >= 4 is 16.9 Å². The van der Waals surface area contributed by atoms with Gasteiger partial charge in [-0.2, -0.15) is 0 Å². The van der Waals surface area contributed by atoms with Crippen LogP contribution in [0.2, 0.25) is 0 Å². The second kappa shape index (κ2) is 7.50. The van der Waals surface area contributed by atoms with Crippen LogP contribution in [0.1, 0.15) is 17.3 Å². The van der Waals surface area contributed by atoms with Crippen LogP contribution >= 0.6 is 0 Å². The Morgan fingerprint density at radius 3 is 2.26 bits per heavy atom. The topological polar surface area (TPSA) is 31.2 Å². The summed E-state index contributed by atoms with van der Waals surface area (Å²) in [7, 11) is 0. The second-order valence-corrected chi connectivity index (χ2v) is 6.65. The van der Waals surface area contributed by atoms with Crippen LogP contribution in [0.3, 0.4) is 0 Å². The van der Waals surface area contributed by atoms with Gasteiger partial charge < -0.3 is 9.30 Å².